The number of hydrogen-bond acceptors (Lipinski definition) is 4. The number of methoxy groups -OCH3 is 1. The molecule has 0 spiro atoms. The summed E-state index contributed by atoms with van der Waals surface area (Å²) < 4.78 is 4.90. The van der Waals surface area contributed by atoms with E-state index < -0.39 is 4.92 Å². The zero-order valence-corrected chi connectivity index (χ0v) is 11.2. The van der Waals surface area contributed by atoms with Crippen LogP contribution < -0.4 is 4.74 Å². The predicted octanol–water partition coefficient (Wildman–Crippen LogP) is 2.42. The van der Waals surface area contributed by atoms with Crippen molar-refractivity contribution in [3.63, 3.8) is 0 Å². The lowest BCUT2D eigenvalue weighted by molar-refractivity contribution is -0.385. The lowest BCUT2D eigenvalue weighted by Gasteiger charge is -2.19. The molecule has 20 heavy (non-hydrogen) atoms. The molecule has 0 radical (unpaired) electrons. The highest BCUT2D eigenvalue weighted by Crippen LogP contribution is 2.27. The number of rotatable bonds is 7. The van der Waals surface area contributed by atoms with E-state index in [2.05, 4.69) is 13.2 Å². The van der Waals surface area contributed by atoms with Crippen LogP contribution in [-0.4, -0.2) is 35.9 Å². The summed E-state index contributed by atoms with van der Waals surface area (Å²) in [4.78, 5) is 24.1. The first-order chi connectivity index (χ1) is 9.54. The Morgan fingerprint density at radius 1 is 1.40 bits per heavy atom. The van der Waals surface area contributed by atoms with Crippen molar-refractivity contribution in [2.75, 3.05) is 20.2 Å². The van der Waals surface area contributed by atoms with Crippen LogP contribution in [-0.2, 0) is 0 Å². The van der Waals surface area contributed by atoms with Gasteiger partial charge in [-0.05, 0) is 12.1 Å². The summed E-state index contributed by atoms with van der Waals surface area (Å²) in [6.07, 6.45) is 3.17. The van der Waals surface area contributed by atoms with Gasteiger partial charge < -0.3 is 9.64 Å². The molecule has 0 N–H and O–H groups in total. The van der Waals surface area contributed by atoms with Crippen LogP contribution in [0.25, 0.3) is 0 Å². The highest BCUT2D eigenvalue weighted by Gasteiger charge is 2.20. The van der Waals surface area contributed by atoms with E-state index in [9.17, 15) is 14.9 Å². The molecule has 0 unspecified atom stereocenters. The fraction of sp³-hybridized carbons (Fsp3) is 0.214. The molecule has 0 aliphatic heterocycles. The molecule has 0 saturated carbocycles. The molecule has 106 valence electrons. The summed E-state index contributed by atoms with van der Waals surface area (Å²) in [5.74, 6) is -0.207. The Morgan fingerprint density at radius 3 is 2.45 bits per heavy atom. The highest BCUT2D eigenvalue weighted by atomic mass is 16.6. The molecule has 1 rings (SSSR count). The van der Waals surface area contributed by atoms with Crippen molar-refractivity contribution in [2.24, 2.45) is 0 Å². The summed E-state index contributed by atoms with van der Waals surface area (Å²) in [6.45, 7) is 7.83. The van der Waals surface area contributed by atoms with Gasteiger partial charge in [0.2, 0.25) is 0 Å². The Balaban J connectivity index is 3.14. The third kappa shape index (κ3) is 3.44. The molecule has 0 bridgehead atoms. The zero-order chi connectivity index (χ0) is 15.1. The van der Waals surface area contributed by atoms with E-state index in [1.54, 1.807) is 12.2 Å². The smallest absolute Gasteiger partial charge is 0.311 e. The number of nitro benzene ring substituents is 1. The van der Waals surface area contributed by atoms with Crippen molar-refractivity contribution < 1.29 is 14.5 Å². The third-order valence-corrected chi connectivity index (χ3v) is 2.61. The summed E-state index contributed by atoms with van der Waals surface area (Å²) >= 11 is 0. The van der Waals surface area contributed by atoms with Crippen LogP contribution in [0.1, 0.15) is 10.4 Å². The zero-order valence-electron chi connectivity index (χ0n) is 11.2. The van der Waals surface area contributed by atoms with Crippen molar-refractivity contribution in [1.82, 2.24) is 4.90 Å². The third-order valence-electron chi connectivity index (χ3n) is 2.61. The van der Waals surface area contributed by atoms with Crippen LogP contribution in [0.4, 0.5) is 5.69 Å². The molecular formula is C14H16N2O4. The number of carbonyl (C=O) groups is 1. The lowest BCUT2D eigenvalue weighted by atomic mass is 10.1. The van der Waals surface area contributed by atoms with Gasteiger partial charge in [-0.1, -0.05) is 12.2 Å². The molecule has 0 fully saturated rings. The Labute approximate surface area is 117 Å². The molecule has 0 heterocycles. The van der Waals surface area contributed by atoms with E-state index in [-0.39, 0.29) is 22.9 Å². The number of nitrogens with zero attached hydrogens (tertiary/aromatic N) is 2. The Kier molecular flexibility index (Phi) is 5.46. The first-order valence-electron chi connectivity index (χ1n) is 5.88. The Morgan fingerprint density at radius 2 is 2.00 bits per heavy atom. The van der Waals surface area contributed by atoms with Gasteiger partial charge in [0.15, 0.2) is 5.75 Å². The summed E-state index contributed by atoms with van der Waals surface area (Å²) in [7, 11) is 1.34. The molecule has 6 heteroatoms. The molecule has 0 aliphatic carbocycles. The average molecular weight is 276 g/mol. The maximum atomic E-state index is 12.3. The van der Waals surface area contributed by atoms with E-state index in [1.165, 1.54) is 30.2 Å². The Bertz CT molecular complexity index is 530. The normalized spacial score (nSPS) is 9.65. The van der Waals surface area contributed by atoms with Crippen molar-refractivity contribution in [2.45, 2.75) is 0 Å². The van der Waals surface area contributed by atoms with Gasteiger partial charge in [0.1, 0.15) is 0 Å². The van der Waals surface area contributed by atoms with Gasteiger partial charge in [-0.2, -0.15) is 0 Å². The molecule has 0 aromatic heterocycles. The number of carbonyl (C=O) groups excluding carboxylic acids is 1. The molecule has 0 aliphatic rings. The topological polar surface area (TPSA) is 72.7 Å². The van der Waals surface area contributed by atoms with Crippen LogP contribution in [0.5, 0.6) is 5.75 Å². The molecule has 0 saturated heterocycles. The van der Waals surface area contributed by atoms with Crippen LogP contribution >= 0.6 is 0 Å². The minimum absolute atomic E-state index is 0.116. The molecular weight excluding hydrogens is 260 g/mol. The van der Waals surface area contributed by atoms with Crippen molar-refractivity contribution in [3.05, 3.63) is 59.2 Å². The maximum Gasteiger partial charge on any atom is 0.311 e. The predicted molar refractivity (Wildman–Crippen MR) is 75.9 cm³/mol. The van der Waals surface area contributed by atoms with Gasteiger partial charge in [-0.15, -0.1) is 13.2 Å². The maximum absolute atomic E-state index is 12.3. The van der Waals surface area contributed by atoms with Gasteiger partial charge in [0, 0.05) is 24.7 Å². The minimum atomic E-state index is -0.582. The molecule has 1 amide bonds. The van der Waals surface area contributed by atoms with Crippen LogP contribution in [0.15, 0.2) is 43.5 Å². The van der Waals surface area contributed by atoms with Crippen molar-refractivity contribution >= 4 is 11.6 Å². The van der Waals surface area contributed by atoms with Crippen molar-refractivity contribution in [1.29, 1.82) is 0 Å². The van der Waals surface area contributed by atoms with Gasteiger partial charge in [-0.3, -0.25) is 14.9 Å². The number of hydrogen-bond donors (Lipinski definition) is 0. The number of ether oxygens (including phenoxy) is 1. The summed E-state index contributed by atoms with van der Waals surface area (Å²) in [5.41, 5.74) is -0.0169. The second-order valence-electron chi connectivity index (χ2n) is 3.93. The second-order valence-corrected chi connectivity index (χ2v) is 3.93. The van der Waals surface area contributed by atoms with Gasteiger partial charge in [-0.25, -0.2) is 0 Å². The molecule has 1 aromatic carbocycles. The number of nitro groups is 1. The van der Waals surface area contributed by atoms with Crippen LogP contribution in [0.2, 0.25) is 0 Å². The SMILES string of the molecule is C=CCN(CC=C)C(=O)c1ccc(OC)c([N+](=O)[O-])c1. The van der Waals surface area contributed by atoms with Gasteiger partial charge >= 0.3 is 5.69 Å². The van der Waals surface area contributed by atoms with Gasteiger partial charge in [0.05, 0.1) is 12.0 Å². The van der Waals surface area contributed by atoms with E-state index in [0.717, 1.165) is 0 Å². The van der Waals surface area contributed by atoms with E-state index in [4.69, 9.17) is 4.74 Å². The summed E-state index contributed by atoms with van der Waals surface area (Å²) in [5, 5.41) is 10.9. The highest BCUT2D eigenvalue weighted by molar-refractivity contribution is 5.95. The van der Waals surface area contributed by atoms with Crippen LogP contribution in [0, 0.1) is 10.1 Å². The average Bonchev–Trinajstić information content (AvgIpc) is 2.45. The van der Waals surface area contributed by atoms with E-state index in [1.807, 2.05) is 0 Å². The van der Waals surface area contributed by atoms with Crippen LogP contribution in [0.3, 0.4) is 0 Å². The summed E-state index contributed by atoms with van der Waals surface area (Å²) in [6, 6.07) is 4.11. The Hall–Kier alpha value is -2.63. The molecule has 0 atom stereocenters. The standard InChI is InChI=1S/C14H16N2O4/c1-4-8-15(9-5-2)14(17)11-6-7-13(20-3)12(10-11)16(18)19/h4-7,10H,1-2,8-9H2,3H3. The monoisotopic (exact) mass is 276 g/mol. The quantitative estimate of drug-likeness (QED) is 0.435. The minimum Gasteiger partial charge on any atom is -0.490 e. The first-order valence-corrected chi connectivity index (χ1v) is 5.88. The van der Waals surface area contributed by atoms with Crippen molar-refractivity contribution in [3.8, 4) is 5.75 Å². The fourth-order valence-corrected chi connectivity index (χ4v) is 1.70. The molecule has 1 aromatic rings. The van der Waals surface area contributed by atoms with E-state index >= 15 is 0 Å². The number of benzene rings is 1. The number of amides is 1. The lowest BCUT2D eigenvalue weighted by Crippen LogP contribution is -2.31. The largest absolute Gasteiger partial charge is 0.490 e. The van der Waals surface area contributed by atoms with E-state index in [0.29, 0.717) is 13.1 Å². The first kappa shape index (κ1) is 15.4. The fourth-order valence-electron chi connectivity index (χ4n) is 1.70. The second kappa shape index (κ2) is 7.08. The van der Waals surface area contributed by atoms with Gasteiger partial charge in [0.25, 0.3) is 5.91 Å². The molecule has 6 nitrogen and oxygen atoms in total.